The van der Waals surface area contributed by atoms with Gasteiger partial charge in [0.15, 0.2) is 11.9 Å². The van der Waals surface area contributed by atoms with E-state index < -0.39 is 48.5 Å². The maximum atomic E-state index is 13.2. The Balaban J connectivity index is 5.62. The third-order valence-corrected chi connectivity index (χ3v) is 5.56. The van der Waals surface area contributed by atoms with Crippen LogP contribution >= 0.6 is 0 Å². The van der Waals surface area contributed by atoms with Gasteiger partial charge >= 0.3 is 0 Å². The first-order chi connectivity index (χ1) is 18.8. The number of rotatable bonds is 20. The van der Waals surface area contributed by atoms with Gasteiger partial charge in [-0.1, -0.05) is 13.8 Å². The smallest absolute Gasteiger partial charge is 0.243 e. The highest BCUT2D eigenvalue weighted by Crippen LogP contribution is 2.07. The highest BCUT2D eigenvalue weighted by molar-refractivity contribution is 5.94. The molecule has 4 amide bonds. The molecule has 0 aliphatic heterocycles. The first kappa shape index (κ1) is 36.0. The van der Waals surface area contributed by atoms with Crippen LogP contribution < -0.4 is 44.2 Å². The minimum Gasteiger partial charge on any atom is -0.394 e. The number of aliphatic imine (C=N–C) groups is 2. The van der Waals surface area contributed by atoms with E-state index in [-0.39, 0.29) is 56.1 Å². The van der Waals surface area contributed by atoms with Crippen LogP contribution in [0.4, 0.5) is 0 Å². The van der Waals surface area contributed by atoms with Gasteiger partial charge in [-0.25, -0.2) is 0 Å². The molecule has 0 aromatic rings. The molecule has 0 aromatic heterocycles. The Morgan fingerprint density at radius 1 is 0.750 bits per heavy atom. The molecule has 0 fully saturated rings. The molecule has 4 atom stereocenters. The van der Waals surface area contributed by atoms with Crippen LogP contribution in [0.1, 0.15) is 59.3 Å². The van der Waals surface area contributed by atoms with Crippen LogP contribution in [0.15, 0.2) is 9.98 Å². The highest BCUT2D eigenvalue weighted by Gasteiger charge is 2.28. The van der Waals surface area contributed by atoms with Crippen molar-refractivity contribution in [1.29, 1.82) is 0 Å². The Hall–Kier alpha value is -3.95. The molecule has 4 unspecified atom stereocenters. The van der Waals surface area contributed by atoms with Crippen LogP contribution in [0.2, 0.25) is 0 Å². The lowest BCUT2D eigenvalue weighted by Crippen LogP contribution is -2.57. The summed E-state index contributed by atoms with van der Waals surface area (Å²) in [5.74, 6) is -2.26. The fraction of sp³-hybridized carbons (Fsp3) is 0.708. The van der Waals surface area contributed by atoms with E-state index in [0.717, 1.165) is 0 Å². The zero-order valence-electron chi connectivity index (χ0n) is 23.5. The van der Waals surface area contributed by atoms with Gasteiger partial charge in [-0.3, -0.25) is 29.2 Å². The number of nitrogens with zero attached hydrogens (tertiary/aromatic N) is 2. The molecular formula is C24H46N10O6. The fourth-order valence-electron chi connectivity index (χ4n) is 3.31. The minimum absolute atomic E-state index is 0.101. The maximum Gasteiger partial charge on any atom is 0.243 e. The molecule has 0 radical (unpaired) electrons. The zero-order valence-corrected chi connectivity index (χ0v) is 23.5. The number of guanidine groups is 2. The van der Waals surface area contributed by atoms with Crippen LogP contribution in [0, 0.1) is 5.92 Å². The van der Waals surface area contributed by atoms with E-state index in [0.29, 0.717) is 25.5 Å². The largest absolute Gasteiger partial charge is 0.394 e. The predicted octanol–water partition coefficient (Wildman–Crippen LogP) is -3.32. The van der Waals surface area contributed by atoms with Gasteiger partial charge in [0.2, 0.25) is 23.6 Å². The lowest BCUT2D eigenvalue weighted by atomic mass is 10.1. The summed E-state index contributed by atoms with van der Waals surface area (Å²) in [4.78, 5) is 69.8. The van der Waals surface area contributed by atoms with Crippen molar-refractivity contribution in [1.82, 2.24) is 21.3 Å². The van der Waals surface area contributed by atoms with Crippen molar-refractivity contribution in [2.24, 2.45) is 38.8 Å². The van der Waals surface area contributed by atoms with Gasteiger partial charge in [-0.15, -0.1) is 0 Å². The van der Waals surface area contributed by atoms with Gasteiger partial charge < -0.3 is 54.1 Å². The van der Waals surface area contributed by atoms with E-state index in [4.69, 9.17) is 28.0 Å². The molecule has 0 rings (SSSR count). The van der Waals surface area contributed by atoms with Crippen LogP contribution in [-0.2, 0) is 24.0 Å². The summed E-state index contributed by atoms with van der Waals surface area (Å²) >= 11 is 0. The van der Waals surface area contributed by atoms with Crippen LogP contribution in [0.3, 0.4) is 0 Å². The highest BCUT2D eigenvalue weighted by atomic mass is 16.3. The Kier molecular flexibility index (Phi) is 18.0. The Labute approximate surface area is 234 Å². The minimum atomic E-state index is -1.12. The van der Waals surface area contributed by atoms with Crippen LogP contribution in [-0.4, -0.2) is 90.8 Å². The normalized spacial score (nSPS) is 13.6. The lowest BCUT2D eigenvalue weighted by molar-refractivity contribution is -0.134. The van der Waals surface area contributed by atoms with Crippen LogP contribution in [0.25, 0.3) is 0 Å². The average Bonchev–Trinajstić information content (AvgIpc) is 2.88. The van der Waals surface area contributed by atoms with E-state index in [2.05, 4.69) is 31.3 Å². The number of hydrogen-bond donors (Lipinski definition) is 9. The van der Waals surface area contributed by atoms with Gasteiger partial charge in [-0.05, 0) is 44.9 Å². The van der Waals surface area contributed by atoms with E-state index in [1.807, 2.05) is 13.8 Å². The first-order valence-electron chi connectivity index (χ1n) is 13.2. The molecule has 0 spiro atoms. The lowest BCUT2D eigenvalue weighted by Gasteiger charge is -2.25. The molecule has 228 valence electrons. The van der Waals surface area contributed by atoms with Crippen molar-refractivity contribution in [3.05, 3.63) is 0 Å². The predicted molar refractivity (Wildman–Crippen MR) is 150 cm³/mol. The van der Waals surface area contributed by atoms with Crippen molar-refractivity contribution in [3.8, 4) is 0 Å². The average molecular weight is 571 g/mol. The van der Waals surface area contributed by atoms with Crippen molar-refractivity contribution in [2.45, 2.75) is 83.5 Å². The summed E-state index contributed by atoms with van der Waals surface area (Å²) in [5, 5.41) is 19.2. The number of nitrogens with one attached hydrogen (secondary N) is 4. The van der Waals surface area contributed by atoms with Gasteiger partial charge in [0.05, 0.1) is 6.61 Å². The second-order valence-corrected chi connectivity index (χ2v) is 9.68. The zero-order chi connectivity index (χ0) is 30.7. The van der Waals surface area contributed by atoms with Crippen LogP contribution in [0.5, 0.6) is 0 Å². The van der Waals surface area contributed by atoms with E-state index in [1.54, 1.807) is 0 Å². The number of hydrogen-bond acceptors (Lipinski definition) is 8. The monoisotopic (exact) mass is 570 g/mol. The quantitative estimate of drug-likeness (QED) is 0.0304. The standard InChI is InChI=1S/C24H46N10O6/c1-14(2)8-9-19(37)33-17(6-4-10-29-23(25)26)22(40)34-18(7-5-11-30-24(27)28)21(39)31-15(3)20(38)32-16(12-35)13-36/h12,14-18,36H,4-11,13H2,1-3H3,(H,31,39)(H,32,38)(H,33,37)(H,34,40)(H4,25,26,29)(H4,27,28,30). The number of aliphatic hydroxyl groups excluding tert-OH is 1. The summed E-state index contributed by atoms with van der Waals surface area (Å²) in [5.41, 5.74) is 21.4. The molecule has 0 aliphatic rings. The molecule has 0 aliphatic carbocycles. The van der Waals surface area contributed by atoms with E-state index in [1.165, 1.54) is 6.92 Å². The maximum absolute atomic E-state index is 13.2. The fourth-order valence-corrected chi connectivity index (χ4v) is 3.31. The number of carbonyl (C=O) groups is 5. The second kappa shape index (κ2) is 20.0. The van der Waals surface area contributed by atoms with E-state index >= 15 is 0 Å². The van der Waals surface area contributed by atoms with Gasteiger partial charge in [0.25, 0.3) is 0 Å². The van der Waals surface area contributed by atoms with Crippen molar-refractivity contribution in [2.75, 3.05) is 19.7 Å². The summed E-state index contributed by atoms with van der Waals surface area (Å²) < 4.78 is 0. The van der Waals surface area contributed by atoms with Gasteiger partial charge in [0.1, 0.15) is 30.5 Å². The molecule has 13 N–H and O–H groups in total. The molecule has 0 saturated heterocycles. The molecule has 40 heavy (non-hydrogen) atoms. The number of aliphatic hydroxyl groups is 1. The molecular weight excluding hydrogens is 524 g/mol. The van der Waals surface area contributed by atoms with Gasteiger partial charge in [-0.2, -0.15) is 0 Å². The van der Waals surface area contributed by atoms with Crippen molar-refractivity contribution in [3.63, 3.8) is 0 Å². The van der Waals surface area contributed by atoms with Crippen molar-refractivity contribution >= 4 is 41.8 Å². The third kappa shape index (κ3) is 16.8. The molecule has 0 heterocycles. The number of nitrogens with two attached hydrogens (primary N) is 4. The van der Waals surface area contributed by atoms with Crippen molar-refractivity contribution < 1.29 is 29.1 Å². The summed E-state index contributed by atoms with van der Waals surface area (Å²) in [7, 11) is 0. The summed E-state index contributed by atoms with van der Waals surface area (Å²) in [6, 6.07) is -4.30. The second-order valence-electron chi connectivity index (χ2n) is 9.68. The van der Waals surface area contributed by atoms with E-state index in [9.17, 15) is 24.0 Å². The number of aldehydes is 1. The first-order valence-corrected chi connectivity index (χ1v) is 13.2. The molecule has 0 saturated carbocycles. The van der Waals surface area contributed by atoms with Gasteiger partial charge in [0, 0.05) is 19.5 Å². The Morgan fingerprint density at radius 2 is 1.25 bits per heavy atom. The number of amides is 4. The summed E-state index contributed by atoms with van der Waals surface area (Å²) in [6.45, 7) is 5.14. The number of carbonyl (C=O) groups excluding carboxylic acids is 5. The molecule has 0 bridgehead atoms. The SMILES string of the molecule is CC(C)CCC(=O)NC(CCCN=C(N)N)C(=O)NC(CCCN=C(N)N)C(=O)NC(C)C(=O)NC(C=O)CO. The molecule has 16 nitrogen and oxygen atoms in total. The summed E-state index contributed by atoms with van der Waals surface area (Å²) in [6.07, 6.45) is 2.21. The molecule has 16 heteroatoms. The third-order valence-electron chi connectivity index (χ3n) is 5.56. The topological polar surface area (TPSA) is 282 Å². The Bertz CT molecular complexity index is 887. The molecule has 0 aromatic carbocycles. The Morgan fingerprint density at radius 3 is 1.70 bits per heavy atom.